The van der Waals surface area contributed by atoms with Crippen LogP contribution in [-0.2, 0) is 12.7 Å². The van der Waals surface area contributed by atoms with Crippen LogP contribution in [0.25, 0.3) is 0 Å². The molecular formula is C19H20F3NO4. The van der Waals surface area contributed by atoms with Gasteiger partial charge in [-0.25, -0.2) is 0 Å². The zero-order valence-electron chi connectivity index (χ0n) is 15.4. The SMILES string of the molecule is COc1cc(CN(C)C(=O)c2ccc(C(F)(F)F)cc2)cc(OC)c1OC. The number of hydrogen-bond acceptors (Lipinski definition) is 4. The lowest BCUT2D eigenvalue weighted by Crippen LogP contribution is -2.26. The second-order valence-corrected chi connectivity index (χ2v) is 5.77. The number of carbonyl (C=O) groups excluding carboxylic acids is 1. The number of alkyl halides is 3. The van der Waals surface area contributed by atoms with Crippen LogP contribution in [0.15, 0.2) is 36.4 Å². The highest BCUT2D eigenvalue weighted by molar-refractivity contribution is 5.94. The predicted octanol–water partition coefficient (Wildman–Crippen LogP) is 4.00. The van der Waals surface area contributed by atoms with E-state index >= 15 is 0 Å². The fraction of sp³-hybridized carbons (Fsp3) is 0.316. The Morgan fingerprint density at radius 3 is 1.89 bits per heavy atom. The van der Waals surface area contributed by atoms with Gasteiger partial charge in [-0.15, -0.1) is 0 Å². The maximum absolute atomic E-state index is 12.6. The lowest BCUT2D eigenvalue weighted by molar-refractivity contribution is -0.137. The second kappa shape index (κ2) is 8.20. The van der Waals surface area contributed by atoms with Crippen molar-refractivity contribution < 1.29 is 32.2 Å². The van der Waals surface area contributed by atoms with Crippen LogP contribution in [0.4, 0.5) is 13.2 Å². The Labute approximate surface area is 155 Å². The third kappa shape index (κ3) is 4.64. The van der Waals surface area contributed by atoms with E-state index < -0.39 is 17.6 Å². The molecule has 0 aliphatic heterocycles. The van der Waals surface area contributed by atoms with Crippen LogP contribution in [0.2, 0.25) is 0 Å². The molecule has 0 atom stereocenters. The Morgan fingerprint density at radius 2 is 1.48 bits per heavy atom. The van der Waals surface area contributed by atoms with Crippen molar-refractivity contribution >= 4 is 5.91 Å². The predicted molar refractivity (Wildman–Crippen MR) is 93.3 cm³/mol. The van der Waals surface area contributed by atoms with Crippen LogP contribution < -0.4 is 14.2 Å². The lowest BCUT2D eigenvalue weighted by atomic mass is 10.1. The van der Waals surface area contributed by atoms with Crippen molar-refractivity contribution in [2.24, 2.45) is 0 Å². The summed E-state index contributed by atoms with van der Waals surface area (Å²) in [7, 11) is 6.01. The number of benzene rings is 2. The number of methoxy groups -OCH3 is 3. The summed E-state index contributed by atoms with van der Waals surface area (Å²) < 4.78 is 53.7. The van der Waals surface area contributed by atoms with Crippen molar-refractivity contribution in [3.63, 3.8) is 0 Å². The minimum absolute atomic E-state index is 0.165. The topological polar surface area (TPSA) is 48.0 Å². The lowest BCUT2D eigenvalue weighted by Gasteiger charge is -2.20. The van der Waals surface area contributed by atoms with Gasteiger partial charge >= 0.3 is 6.18 Å². The Bertz CT molecular complexity index is 779. The van der Waals surface area contributed by atoms with E-state index in [-0.39, 0.29) is 12.1 Å². The molecule has 27 heavy (non-hydrogen) atoms. The van der Waals surface area contributed by atoms with Crippen LogP contribution >= 0.6 is 0 Å². The quantitative estimate of drug-likeness (QED) is 0.757. The number of hydrogen-bond donors (Lipinski definition) is 0. The molecule has 0 radical (unpaired) electrons. The molecule has 2 aromatic rings. The van der Waals surface area contributed by atoms with Gasteiger partial charge in [0.1, 0.15) is 0 Å². The van der Waals surface area contributed by atoms with Crippen molar-refractivity contribution in [3.05, 3.63) is 53.1 Å². The summed E-state index contributed by atoms with van der Waals surface area (Å²) in [6, 6.07) is 7.52. The van der Waals surface area contributed by atoms with Gasteiger partial charge in [-0.05, 0) is 42.0 Å². The van der Waals surface area contributed by atoms with Crippen LogP contribution in [0, 0.1) is 0 Å². The van der Waals surface area contributed by atoms with Gasteiger partial charge in [0, 0.05) is 19.2 Å². The molecule has 2 aromatic carbocycles. The standard InChI is InChI=1S/C19H20F3NO4/c1-23(18(24)13-5-7-14(8-6-13)19(20,21)22)11-12-9-15(25-2)17(27-4)16(10-12)26-3/h5-10H,11H2,1-4H3. The minimum atomic E-state index is -4.44. The highest BCUT2D eigenvalue weighted by atomic mass is 19.4. The van der Waals surface area contributed by atoms with E-state index in [2.05, 4.69) is 0 Å². The number of ether oxygens (including phenoxy) is 3. The molecule has 0 aliphatic carbocycles. The highest BCUT2D eigenvalue weighted by Gasteiger charge is 2.30. The maximum atomic E-state index is 12.6. The fourth-order valence-electron chi connectivity index (χ4n) is 2.59. The van der Waals surface area contributed by atoms with Gasteiger partial charge in [0.25, 0.3) is 5.91 Å². The van der Waals surface area contributed by atoms with Crippen LogP contribution in [0.5, 0.6) is 17.2 Å². The minimum Gasteiger partial charge on any atom is -0.493 e. The Morgan fingerprint density at radius 1 is 0.963 bits per heavy atom. The van der Waals surface area contributed by atoms with E-state index in [1.165, 1.54) is 26.2 Å². The molecule has 0 unspecified atom stereocenters. The van der Waals surface area contributed by atoms with Gasteiger partial charge in [0.15, 0.2) is 11.5 Å². The summed E-state index contributed by atoms with van der Waals surface area (Å²) >= 11 is 0. The molecule has 5 nitrogen and oxygen atoms in total. The summed E-state index contributed by atoms with van der Waals surface area (Å²) in [5, 5.41) is 0. The third-order valence-electron chi connectivity index (χ3n) is 3.95. The van der Waals surface area contributed by atoms with Gasteiger partial charge < -0.3 is 19.1 Å². The van der Waals surface area contributed by atoms with Crippen LogP contribution in [-0.4, -0.2) is 39.2 Å². The van der Waals surface area contributed by atoms with Crippen LogP contribution in [0.3, 0.4) is 0 Å². The number of carbonyl (C=O) groups is 1. The highest BCUT2D eigenvalue weighted by Crippen LogP contribution is 2.38. The van der Waals surface area contributed by atoms with Crippen molar-refractivity contribution in [3.8, 4) is 17.2 Å². The van der Waals surface area contributed by atoms with E-state index in [1.54, 1.807) is 19.2 Å². The number of amides is 1. The van der Waals surface area contributed by atoms with Crippen molar-refractivity contribution in [1.29, 1.82) is 0 Å². The van der Waals surface area contributed by atoms with E-state index in [9.17, 15) is 18.0 Å². The molecular weight excluding hydrogens is 363 g/mol. The molecule has 0 N–H and O–H groups in total. The van der Waals surface area contributed by atoms with Gasteiger partial charge in [-0.3, -0.25) is 4.79 Å². The molecule has 0 spiro atoms. The van der Waals surface area contributed by atoms with E-state index in [0.717, 1.165) is 24.3 Å². The van der Waals surface area contributed by atoms with Gasteiger partial charge in [0.2, 0.25) is 5.75 Å². The molecule has 0 bridgehead atoms. The van der Waals surface area contributed by atoms with Crippen molar-refractivity contribution in [2.45, 2.75) is 12.7 Å². The molecule has 1 amide bonds. The van der Waals surface area contributed by atoms with Gasteiger partial charge in [0.05, 0.1) is 26.9 Å². The van der Waals surface area contributed by atoms with Gasteiger partial charge in [-0.1, -0.05) is 0 Å². The Hall–Kier alpha value is -2.90. The average molecular weight is 383 g/mol. The van der Waals surface area contributed by atoms with E-state index in [0.29, 0.717) is 22.8 Å². The Balaban J connectivity index is 2.21. The molecule has 0 aliphatic rings. The average Bonchev–Trinajstić information content (AvgIpc) is 2.65. The summed E-state index contributed by atoms with van der Waals surface area (Å²) in [6.07, 6.45) is -4.44. The molecule has 0 saturated carbocycles. The Kier molecular flexibility index (Phi) is 6.20. The molecule has 0 saturated heterocycles. The van der Waals surface area contributed by atoms with E-state index in [1.807, 2.05) is 0 Å². The first-order chi connectivity index (χ1) is 12.7. The molecule has 0 aromatic heterocycles. The first-order valence-corrected chi connectivity index (χ1v) is 7.92. The zero-order chi connectivity index (χ0) is 20.2. The molecule has 146 valence electrons. The summed E-state index contributed by atoms with van der Waals surface area (Å²) in [6.45, 7) is 0.205. The number of halogens is 3. The first-order valence-electron chi connectivity index (χ1n) is 7.92. The number of rotatable bonds is 6. The first kappa shape index (κ1) is 20.4. The van der Waals surface area contributed by atoms with Crippen molar-refractivity contribution in [1.82, 2.24) is 4.90 Å². The zero-order valence-corrected chi connectivity index (χ0v) is 15.4. The fourth-order valence-corrected chi connectivity index (χ4v) is 2.59. The second-order valence-electron chi connectivity index (χ2n) is 5.77. The molecule has 0 heterocycles. The summed E-state index contributed by atoms with van der Waals surface area (Å²) in [5.74, 6) is 0.919. The molecule has 0 fully saturated rings. The van der Waals surface area contributed by atoms with Crippen LogP contribution in [0.1, 0.15) is 21.5 Å². The van der Waals surface area contributed by atoms with Gasteiger partial charge in [-0.2, -0.15) is 13.2 Å². The molecule has 2 rings (SSSR count). The largest absolute Gasteiger partial charge is 0.493 e. The molecule has 8 heteroatoms. The third-order valence-corrected chi connectivity index (χ3v) is 3.95. The summed E-state index contributed by atoms with van der Waals surface area (Å²) in [4.78, 5) is 13.9. The maximum Gasteiger partial charge on any atom is 0.416 e. The normalized spacial score (nSPS) is 11.1. The monoisotopic (exact) mass is 383 g/mol. The summed E-state index contributed by atoms with van der Waals surface area (Å²) in [5.41, 5.74) is 0.0801. The van der Waals surface area contributed by atoms with E-state index in [4.69, 9.17) is 14.2 Å². The smallest absolute Gasteiger partial charge is 0.416 e. The van der Waals surface area contributed by atoms with Crippen molar-refractivity contribution in [2.75, 3.05) is 28.4 Å². The number of nitrogens with zero attached hydrogens (tertiary/aromatic N) is 1.